The first-order valence-corrected chi connectivity index (χ1v) is 11.4. The third kappa shape index (κ3) is 5.18. The van der Waals surface area contributed by atoms with Crippen LogP contribution < -0.4 is 14.5 Å². The van der Waals surface area contributed by atoms with E-state index in [0.717, 1.165) is 17.9 Å². The van der Waals surface area contributed by atoms with Crippen molar-refractivity contribution in [3.63, 3.8) is 0 Å². The zero-order valence-corrected chi connectivity index (χ0v) is 19.8. The molecule has 1 aromatic heterocycles. The van der Waals surface area contributed by atoms with E-state index in [1.54, 1.807) is 20.8 Å². The fourth-order valence-electron chi connectivity index (χ4n) is 4.11. The second-order valence-electron chi connectivity index (χ2n) is 9.09. The van der Waals surface area contributed by atoms with Gasteiger partial charge in [0.1, 0.15) is 12.6 Å². The van der Waals surface area contributed by atoms with Crippen LogP contribution in [0, 0.1) is 0 Å². The van der Waals surface area contributed by atoms with Gasteiger partial charge in [0.25, 0.3) is 0 Å². The first-order valence-electron chi connectivity index (χ1n) is 11.4. The Morgan fingerprint density at radius 1 is 1.09 bits per heavy atom. The van der Waals surface area contributed by atoms with Gasteiger partial charge in [-0.3, -0.25) is 9.69 Å². The van der Waals surface area contributed by atoms with Crippen LogP contribution >= 0.6 is 0 Å². The number of nitrogens with zero attached hydrogens (tertiary/aromatic N) is 6. The molecule has 2 aliphatic heterocycles. The van der Waals surface area contributed by atoms with Gasteiger partial charge in [-0.05, 0) is 29.7 Å². The summed E-state index contributed by atoms with van der Waals surface area (Å²) < 4.78 is 5.91. The number of ether oxygens (including phenoxy) is 1. The molecule has 1 atom stereocenters. The second kappa shape index (κ2) is 9.64. The van der Waals surface area contributed by atoms with E-state index < -0.39 is 0 Å². The van der Waals surface area contributed by atoms with Crippen LogP contribution in [-0.4, -0.2) is 84.9 Å². The molecule has 1 unspecified atom stereocenters. The van der Waals surface area contributed by atoms with E-state index in [1.165, 1.54) is 5.56 Å². The van der Waals surface area contributed by atoms with Gasteiger partial charge in [0, 0.05) is 51.9 Å². The first kappa shape index (κ1) is 22.8. The summed E-state index contributed by atoms with van der Waals surface area (Å²) >= 11 is 0. The lowest BCUT2D eigenvalue weighted by Crippen LogP contribution is -2.42. The van der Waals surface area contributed by atoms with Gasteiger partial charge in [-0.25, -0.2) is 4.79 Å². The fraction of sp³-hybridized carbons (Fsp3) is 0.500. The van der Waals surface area contributed by atoms with Crippen molar-refractivity contribution in [3.8, 4) is 5.88 Å². The molecule has 33 heavy (non-hydrogen) atoms. The first-order chi connectivity index (χ1) is 15.8. The largest absolute Gasteiger partial charge is 0.471 e. The highest BCUT2D eigenvalue weighted by Gasteiger charge is 2.34. The standard InChI is InChI=1S/C24H32N6O3/c1-17(2)18-5-7-19(8-6-18)30-14-13-29(24(30)32)16-23(31)28-12-11-20(15-28)33-22-10-9-21(25-26-22)27(3)4/h5-10,17,20H,11-16H2,1-4H3. The molecule has 0 bridgehead atoms. The summed E-state index contributed by atoms with van der Waals surface area (Å²) in [6, 6.07) is 11.6. The normalized spacial score (nSPS) is 18.4. The zero-order valence-electron chi connectivity index (χ0n) is 19.8. The van der Waals surface area contributed by atoms with Gasteiger partial charge >= 0.3 is 6.03 Å². The number of carbonyl (C=O) groups is 2. The SMILES string of the molecule is CC(C)c1ccc(N2CCN(CC(=O)N3CCC(Oc4ccc(N(C)C)nn4)C3)C2=O)cc1. The van der Waals surface area contributed by atoms with Gasteiger partial charge < -0.3 is 19.4 Å². The highest BCUT2D eigenvalue weighted by Crippen LogP contribution is 2.24. The van der Waals surface area contributed by atoms with Crippen molar-refractivity contribution in [3.05, 3.63) is 42.0 Å². The molecule has 1 aromatic carbocycles. The highest BCUT2D eigenvalue weighted by atomic mass is 16.5. The average Bonchev–Trinajstić information content (AvgIpc) is 3.41. The molecule has 9 nitrogen and oxygen atoms in total. The Morgan fingerprint density at radius 2 is 1.85 bits per heavy atom. The van der Waals surface area contributed by atoms with Gasteiger partial charge in [0.05, 0.1) is 6.54 Å². The molecule has 3 heterocycles. The molecular formula is C24H32N6O3. The van der Waals surface area contributed by atoms with Crippen LogP contribution in [0.5, 0.6) is 5.88 Å². The number of likely N-dealkylation sites (tertiary alicyclic amines) is 1. The summed E-state index contributed by atoms with van der Waals surface area (Å²) in [5.74, 6) is 1.60. The molecular weight excluding hydrogens is 420 g/mol. The molecule has 0 spiro atoms. The third-order valence-corrected chi connectivity index (χ3v) is 6.16. The summed E-state index contributed by atoms with van der Waals surface area (Å²) in [6.07, 6.45) is 0.601. The smallest absolute Gasteiger partial charge is 0.325 e. The molecule has 176 valence electrons. The van der Waals surface area contributed by atoms with E-state index in [1.807, 2.05) is 37.2 Å². The molecule has 9 heteroatoms. The van der Waals surface area contributed by atoms with Crippen molar-refractivity contribution in [2.24, 2.45) is 0 Å². The van der Waals surface area contributed by atoms with Crippen LogP contribution in [0.3, 0.4) is 0 Å². The molecule has 4 rings (SSSR count). The van der Waals surface area contributed by atoms with Crippen molar-refractivity contribution in [2.45, 2.75) is 32.3 Å². The minimum absolute atomic E-state index is 0.0551. The minimum atomic E-state index is -0.126. The maximum atomic E-state index is 12.9. The fourth-order valence-corrected chi connectivity index (χ4v) is 4.11. The summed E-state index contributed by atoms with van der Waals surface area (Å²) in [7, 11) is 3.80. The van der Waals surface area contributed by atoms with E-state index in [0.29, 0.717) is 38.0 Å². The van der Waals surface area contributed by atoms with Crippen molar-refractivity contribution in [1.29, 1.82) is 0 Å². The monoisotopic (exact) mass is 452 g/mol. The zero-order chi connectivity index (χ0) is 23.5. The Kier molecular flexibility index (Phi) is 6.67. The third-order valence-electron chi connectivity index (χ3n) is 6.16. The summed E-state index contributed by atoms with van der Waals surface area (Å²) in [5, 5.41) is 8.22. The predicted octanol–water partition coefficient (Wildman–Crippen LogP) is 2.59. The molecule has 3 amide bonds. The lowest BCUT2D eigenvalue weighted by atomic mass is 10.0. The number of benzene rings is 1. The maximum Gasteiger partial charge on any atom is 0.325 e. The van der Waals surface area contributed by atoms with Crippen LogP contribution in [-0.2, 0) is 4.79 Å². The lowest BCUT2D eigenvalue weighted by molar-refractivity contribution is -0.130. The number of carbonyl (C=O) groups excluding carboxylic acids is 2. The molecule has 2 aromatic rings. The van der Waals surface area contributed by atoms with E-state index in [2.05, 4.69) is 36.2 Å². The summed E-state index contributed by atoms with van der Waals surface area (Å²) in [6.45, 7) is 6.59. The number of aromatic nitrogens is 2. The Labute approximate surface area is 194 Å². The van der Waals surface area contributed by atoms with Crippen LogP contribution in [0.15, 0.2) is 36.4 Å². The number of amides is 3. The maximum absolute atomic E-state index is 12.9. The Bertz CT molecular complexity index is 977. The average molecular weight is 453 g/mol. The van der Waals surface area contributed by atoms with Crippen LogP contribution in [0.4, 0.5) is 16.3 Å². The lowest BCUT2D eigenvalue weighted by Gasteiger charge is -2.22. The molecule has 2 fully saturated rings. The van der Waals surface area contributed by atoms with Gasteiger partial charge in [-0.2, -0.15) is 0 Å². The topological polar surface area (TPSA) is 82.1 Å². The predicted molar refractivity (Wildman–Crippen MR) is 127 cm³/mol. The minimum Gasteiger partial charge on any atom is -0.471 e. The van der Waals surface area contributed by atoms with E-state index in [-0.39, 0.29) is 24.6 Å². The molecule has 0 aliphatic carbocycles. The van der Waals surface area contributed by atoms with E-state index >= 15 is 0 Å². The highest BCUT2D eigenvalue weighted by molar-refractivity contribution is 5.96. The molecule has 0 saturated carbocycles. The van der Waals surface area contributed by atoms with Crippen LogP contribution in [0.2, 0.25) is 0 Å². The van der Waals surface area contributed by atoms with Gasteiger partial charge in [0.2, 0.25) is 11.8 Å². The van der Waals surface area contributed by atoms with E-state index in [9.17, 15) is 9.59 Å². The second-order valence-corrected chi connectivity index (χ2v) is 9.09. The Morgan fingerprint density at radius 3 is 2.48 bits per heavy atom. The van der Waals surface area contributed by atoms with Crippen molar-refractivity contribution >= 4 is 23.4 Å². The number of rotatable bonds is 7. The Hall–Kier alpha value is -3.36. The van der Waals surface area contributed by atoms with Gasteiger partial charge in [-0.15, -0.1) is 10.2 Å². The van der Waals surface area contributed by atoms with Gasteiger partial charge in [0.15, 0.2) is 5.82 Å². The number of hydrogen-bond acceptors (Lipinski definition) is 6. The number of anilines is 2. The molecule has 2 aliphatic rings. The number of hydrogen-bond donors (Lipinski definition) is 0. The quantitative estimate of drug-likeness (QED) is 0.642. The van der Waals surface area contributed by atoms with Crippen LogP contribution in [0.1, 0.15) is 31.7 Å². The number of urea groups is 1. The Balaban J connectivity index is 1.28. The summed E-state index contributed by atoms with van der Waals surface area (Å²) in [5.41, 5.74) is 2.11. The van der Waals surface area contributed by atoms with Crippen molar-refractivity contribution in [1.82, 2.24) is 20.0 Å². The van der Waals surface area contributed by atoms with Crippen molar-refractivity contribution in [2.75, 3.05) is 56.6 Å². The summed E-state index contributed by atoms with van der Waals surface area (Å²) in [4.78, 5) is 32.7. The van der Waals surface area contributed by atoms with Crippen LogP contribution in [0.25, 0.3) is 0 Å². The molecule has 0 radical (unpaired) electrons. The molecule has 2 saturated heterocycles. The van der Waals surface area contributed by atoms with Crippen molar-refractivity contribution < 1.29 is 14.3 Å². The van der Waals surface area contributed by atoms with E-state index in [4.69, 9.17) is 4.74 Å². The molecule has 0 N–H and O–H groups in total. The van der Waals surface area contributed by atoms with Gasteiger partial charge in [-0.1, -0.05) is 26.0 Å².